The monoisotopic (exact) mass is 487 g/mol. The summed E-state index contributed by atoms with van der Waals surface area (Å²) in [4.78, 5) is 7.63. The number of imidazole rings is 1. The van der Waals surface area contributed by atoms with Gasteiger partial charge in [0.1, 0.15) is 5.82 Å². The smallest absolute Gasteiger partial charge is 0.152 e. The van der Waals surface area contributed by atoms with Crippen LogP contribution in [0, 0.1) is 11.3 Å². The van der Waals surface area contributed by atoms with Crippen molar-refractivity contribution < 1.29 is 4.74 Å². The van der Waals surface area contributed by atoms with E-state index in [1.807, 2.05) is 0 Å². The Morgan fingerprint density at radius 1 is 1.09 bits per heavy atom. The molecule has 0 spiro atoms. The van der Waals surface area contributed by atoms with Crippen molar-refractivity contribution in [2.24, 2.45) is 11.3 Å². The molecule has 5 heteroatoms. The number of ether oxygens (including phenoxy) is 1. The summed E-state index contributed by atoms with van der Waals surface area (Å²) in [5.41, 5.74) is 5.28. The molecule has 0 atom stereocenters. The standard InChI is InChI=1S/C29H46ClN3O/c1-7-23-15-12-16-24(8-2)26(23)28-31-27(30)25(33(28)17-18-34-6)20-32(21-29(3,4)5)19-22-13-10-9-11-14-22/h12,15-16,22H,7-11,13-14,17-21H2,1-6H3. The zero-order valence-electron chi connectivity index (χ0n) is 22.4. The van der Waals surface area contributed by atoms with Crippen LogP contribution in [-0.4, -0.2) is 41.3 Å². The van der Waals surface area contributed by atoms with Gasteiger partial charge in [-0.25, -0.2) is 4.98 Å². The van der Waals surface area contributed by atoms with Crippen LogP contribution in [0.5, 0.6) is 0 Å². The molecule has 4 nitrogen and oxygen atoms in total. The Hall–Kier alpha value is -1.36. The first-order valence-electron chi connectivity index (χ1n) is 13.3. The maximum Gasteiger partial charge on any atom is 0.152 e. The highest BCUT2D eigenvalue weighted by Crippen LogP contribution is 2.34. The molecule has 0 unspecified atom stereocenters. The van der Waals surface area contributed by atoms with Crippen molar-refractivity contribution in [3.05, 3.63) is 40.2 Å². The first-order chi connectivity index (χ1) is 16.3. The normalized spacial score (nSPS) is 15.4. The van der Waals surface area contributed by atoms with E-state index in [2.05, 4.69) is 62.3 Å². The van der Waals surface area contributed by atoms with E-state index in [1.165, 1.54) is 48.8 Å². The van der Waals surface area contributed by atoms with Crippen molar-refractivity contribution >= 4 is 11.6 Å². The Balaban J connectivity index is 2.02. The summed E-state index contributed by atoms with van der Waals surface area (Å²) in [5, 5.41) is 0.640. The molecule has 1 aromatic carbocycles. The molecule has 1 heterocycles. The van der Waals surface area contributed by atoms with E-state index in [1.54, 1.807) is 7.11 Å². The number of hydrogen-bond acceptors (Lipinski definition) is 3. The second kappa shape index (κ2) is 12.6. The maximum atomic E-state index is 6.93. The van der Waals surface area contributed by atoms with Crippen molar-refractivity contribution in [3.8, 4) is 11.4 Å². The van der Waals surface area contributed by atoms with Gasteiger partial charge in [0.2, 0.25) is 0 Å². The molecule has 1 aromatic heterocycles. The number of benzene rings is 1. The van der Waals surface area contributed by atoms with Crippen LogP contribution in [0.3, 0.4) is 0 Å². The highest BCUT2D eigenvalue weighted by Gasteiger charge is 2.26. The fourth-order valence-electron chi connectivity index (χ4n) is 5.55. The van der Waals surface area contributed by atoms with E-state index in [4.69, 9.17) is 21.3 Å². The molecule has 34 heavy (non-hydrogen) atoms. The summed E-state index contributed by atoms with van der Waals surface area (Å²) in [6.45, 7) is 15.9. The second-order valence-corrected chi connectivity index (χ2v) is 11.6. The molecule has 1 saturated carbocycles. The van der Waals surface area contributed by atoms with Crippen molar-refractivity contribution in [1.82, 2.24) is 14.5 Å². The van der Waals surface area contributed by atoms with Crippen LogP contribution in [0.15, 0.2) is 18.2 Å². The number of hydrogen-bond donors (Lipinski definition) is 0. The molecule has 0 bridgehead atoms. The van der Waals surface area contributed by atoms with Gasteiger partial charge in [0.25, 0.3) is 0 Å². The molecule has 2 aromatic rings. The SMILES string of the molecule is CCc1cccc(CC)c1-c1nc(Cl)c(CN(CC2CCCCC2)CC(C)(C)C)n1CCOC. The Labute approximate surface area is 213 Å². The van der Waals surface area contributed by atoms with Gasteiger partial charge in [-0.1, -0.05) is 83.7 Å². The number of halogens is 1. The molecule has 3 rings (SSSR count). The van der Waals surface area contributed by atoms with Crippen LogP contribution >= 0.6 is 11.6 Å². The number of rotatable bonds is 11. The molecule has 1 fully saturated rings. The van der Waals surface area contributed by atoms with Gasteiger partial charge >= 0.3 is 0 Å². The summed E-state index contributed by atoms with van der Waals surface area (Å²) in [6.07, 6.45) is 8.80. The minimum atomic E-state index is 0.228. The van der Waals surface area contributed by atoms with Gasteiger partial charge in [-0.2, -0.15) is 0 Å². The largest absolute Gasteiger partial charge is 0.383 e. The predicted octanol–water partition coefficient (Wildman–Crippen LogP) is 7.40. The van der Waals surface area contributed by atoms with Crippen LogP contribution in [0.2, 0.25) is 5.15 Å². The molecule has 1 aliphatic carbocycles. The highest BCUT2D eigenvalue weighted by molar-refractivity contribution is 6.30. The lowest BCUT2D eigenvalue weighted by molar-refractivity contribution is 0.139. The Morgan fingerprint density at radius 3 is 2.29 bits per heavy atom. The molecule has 0 amide bonds. The third kappa shape index (κ3) is 7.08. The number of aromatic nitrogens is 2. The van der Waals surface area contributed by atoms with Crippen LogP contribution in [-0.2, 0) is 30.7 Å². The summed E-state index contributed by atoms with van der Waals surface area (Å²) in [5.74, 6) is 1.79. The van der Waals surface area contributed by atoms with E-state index in [0.717, 1.165) is 56.5 Å². The lowest BCUT2D eigenvalue weighted by Crippen LogP contribution is -2.37. The van der Waals surface area contributed by atoms with Crippen LogP contribution < -0.4 is 0 Å². The minimum Gasteiger partial charge on any atom is -0.383 e. The summed E-state index contributed by atoms with van der Waals surface area (Å²) >= 11 is 6.93. The second-order valence-electron chi connectivity index (χ2n) is 11.2. The van der Waals surface area contributed by atoms with Crippen molar-refractivity contribution in [2.45, 2.75) is 92.7 Å². The van der Waals surface area contributed by atoms with Gasteiger partial charge in [0.05, 0.1) is 12.3 Å². The van der Waals surface area contributed by atoms with Gasteiger partial charge in [-0.05, 0) is 48.1 Å². The van der Waals surface area contributed by atoms with Gasteiger partial charge in [-0.3, -0.25) is 4.90 Å². The van der Waals surface area contributed by atoms with Crippen LogP contribution in [0.4, 0.5) is 0 Å². The predicted molar refractivity (Wildman–Crippen MR) is 145 cm³/mol. The van der Waals surface area contributed by atoms with E-state index in [-0.39, 0.29) is 5.41 Å². The quantitative estimate of drug-likeness (QED) is 0.330. The Bertz CT molecular complexity index is 887. The maximum absolute atomic E-state index is 6.93. The van der Waals surface area contributed by atoms with Gasteiger partial charge in [0, 0.05) is 38.9 Å². The topological polar surface area (TPSA) is 30.3 Å². The molecule has 0 saturated heterocycles. The van der Waals surface area contributed by atoms with Gasteiger partial charge in [0.15, 0.2) is 5.15 Å². The lowest BCUT2D eigenvalue weighted by Gasteiger charge is -2.34. The molecule has 0 radical (unpaired) electrons. The zero-order chi connectivity index (χ0) is 24.7. The van der Waals surface area contributed by atoms with Crippen molar-refractivity contribution in [2.75, 3.05) is 26.8 Å². The lowest BCUT2D eigenvalue weighted by atomic mass is 9.88. The minimum absolute atomic E-state index is 0.228. The van der Waals surface area contributed by atoms with E-state index in [0.29, 0.717) is 11.8 Å². The molecular weight excluding hydrogens is 442 g/mol. The molecule has 1 aliphatic rings. The van der Waals surface area contributed by atoms with Crippen molar-refractivity contribution in [3.63, 3.8) is 0 Å². The zero-order valence-corrected chi connectivity index (χ0v) is 23.2. The molecule has 190 valence electrons. The molecule has 0 N–H and O–H groups in total. The first-order valence-corrected chi connectivity index (χ1v) is 13.7. The summed E-state index contributed by atoms with van der Waals surface area (Å²) in [6, 6.07) is 6.63. The third-order valence-electron chi connectivity index (χ3n) is 7.08. The average Bonchev–Trinajstić information content (AvgIpc) is 3.11. The third-order valence-corrected chi connectivity index (χ3v) is 7.38. The summed E-state index contributed by atoms with van der Waals surface area (Å²) < 4.78 is 7.86. The number of aryl methyl sites for hydroxylation is 2. The van der Waals surface area contributed by atoms with E-state index < -0.39 is 0 Å². The van der Waals surface area contributed by atoms with E-state index >= 15 is 0 Å². The highest BCUT2D eigenvalue weighted by atomic mass is 35.5. The fourth-order valence-corrected chi connectivity index (χ4v) is 5.80. The van der Waals surface area contributed by atoms with Crippen molar-refractivity contribution in [1.29, 1.82) is 0 Å². The van der Waals surface area contributed by atoms with Gasteiger partial charge < -0.3 is 9.30 Å². The first kappa shape index (κ1) is 27.2. The van der Waals surface area contributed by atoms with Crippen LogP contribution in [0.25, 0.3) is 11.4 Å². The van der Waals surface area contributed by atoms with Crippen LogP contribution in [0.1, 0.15) is 83.5 Å². The Morgan fingerprint density at radius 2 is 1.74 bits per heavy atom. The van der Waals surface area contributed by atoms with Gasteiger partial charge in [-0.15, -0.1) is 0 Å². The molecule has 0 aliphatic heterocycles. The number of methoxy groups -OCH3 is 1. The Kier molecular flexibility index (Phi) is 10.1. The summed E-state index contributed by atoms with van der Waals surface area (Å²) in [7, 11) is 1.77. The molecular formula is C29H46ClN3O. The average molecular weight is 488 g/mol. The number of nitrogens with zero attached hydrogens (tertiary/aromatic N) is 3. The van der Waals surface area contributed by atoms with E-state index in [9.17, 15) is 0 Å². The fraction of sp³-hybridized carbons (Fsp3) is 0.690.